The van der Waals surface area contributed by atoms with E-state index in [9.17, 15) is 4.79 Å². The van der Waals surface area contributed by atoms with Crippen molar-refractivity contribution in [2.24, 2.45) is 0 Å². The molecule has 0 amide bonds. The third kappa shape index (κ3) is 3.48. The number of halogens is 2. The Labute approximate surface area is 107 Å². The quantitative estimate of drug-likeness (QED) is 0.843. The van der Waals surface area contributed by atoms with Crippen molar-refractivity contribution in [1.29, 1.82) is 0 Å². The van der Waals surface area contributed by atoms with Crippen LogP contribution in [0.1, 0.15) is 30.1 Å². The van der Waals surface area contributed by atoms with Gasteiger partial charge in [-0.15, -0.1) is 12.4 Å². The van der Waals surface area contributed by atoms with Gasteiger partial charge in [-0.3, -0.25) is 4.79 Å². The zero-order chi connectivity index (χ0) is 10.8. The molecule has 2 nitrogen and oxygen atoms in total. The molecule has 0 aliphatic heterocycles. The molecule has 0 radical (unpaired) electrons. The van der Waals surface area contributed by atoms with Crippen molar-refractivity contribution in [1.82, 2.24) is 5.32 Å². The van der Waals surface area contributed by atoms with Crippen molar-refractivity contribution in [2.75, 3.05) is 0 Å². The summed E-state index contributed by atoms with van der Waals surface area (Å²) in [6.07, 6.45) is 2.38. The molecule has 0 aromatic heterocycles. The predicted molar refractivity (Wildman–Crippen MR) is 68.7 cm³/mol. The maximum Gasteiger partial charge on any atom is 0.179 e. The van der Waals surface area contributed by atoms with Gasteiger partial charge >= 0.3 is 0 Å². The van der Waals surface area contributed by atoms with Gasteiger partial charge in [0.1, 0.15) is 0 Å². The van der Waals surface area contributed by atoms with Gasteiger partial charge in [-0.2, -0.15) is 0 Å². The van der Waals surface area contributed by atoms with E-state index in [2.05, 4.69) is 5.32 Å². The van der Waals surface area contributed by atoms with E-state index in [0.29, 0.717) is 16.6 Å². The fraction of sp³-hybridized carbons (Fsp3) is 0.417. The molecule has 1 aliphatic rings. The minimum atomic E-state index is -0.115. The largest absolute Gasteiger partial charge is 0.305 e. The number of hydrogen-bond donors (Lipinski definition) is 1. The summed E-state index contributed by atoms with van der Waals surface area (Å²) < 4.78 is 0. The molecule has 4 heteroatoms. The van der Waals surface area contributed by atoms with Crippen LogP contribution >= 0.6 is 24.0 Å². The van der Waals surface area contributed by atoms with Gasteiger partial charge in [0.2, 0.25) is 0 Å². The first-order valence-electron chi connectivity index (χ1n) is 5.22. The Morgan fingerprint density at radius 2 is 2.19 bits per heavy atom. The number of carbonyl (C=O) groups excluding carboxylic acids is 1. The number of rotatable bonds is 4. The van der Waals surface area contributed by atoms with E-state index in [1.165, 1.54) is 12.8 Å². The summed E-state index contributed by atoms with van der Waals surface area (Å²) in [5.74, 6) is 0.115. The summed E-state index contributed by atoms with van der Waals surface area (Å²) in [6.45, 7) is 1.90. The first kappa shape index (κ1) is 13.5. The molecule has 0 heterocycles. The predicted octanol–water partition coefficient (Wildman–Crippen LogP) is 3.09. The lowest BCUT2D eigenvalue weighted by atomic mass is 10.1. The molecule has 1 aliphatic carbocycles. The lowest BCUT2D eigenvalue weighted by Gasteiger charge is -2.11. The van der Waals surface area contributed by atoms with Crippen LogP contribution in [0.15, 0.2) is 24.3 Å². The highest BCUT2D eigenvalue weighted by atomic mass is 35.5. The maximum atomic E-state index is 11.9. The van der Waals surface area contributed by atoms with Crippen molar-refractivity contribution in [3.05, 3.63) is 34.9 Å². The molecule has 88 valence electrons. The van der Waals surface area contributed by atoms with Gasteiger partial charge in [0.15, 0.2) is 5.78 Å². The molecule has 1 fully saturated rings. The van der Waals surface area contributed by atoms with E-state index >= 15 is 0 Å². The summed E-state index contributed by atoms with van der Waals surface area (Å²) in [6, 6.07) is 7.53. The summed E-state index contributed by atoms with van der Waals surface area (Å²) in [7, 11) is 0. The van der Waals surface area contributed by atoms with Crippen LogP contribution in [0.5, 0.6) is 0 Å². The lowest BCUT2D eigenvalue weighted by molar-refractivity contribution is 0.0950. The van der Waals surface area contributed by atoms with Gasteiger partial charge < -0.3 is 5.32 Å². The molecule has 0 saturated heterocycles. The van der Waals surface area contributed by atoms with Gasteiger partial charge in [0.05, 0.1) is 6.04 Å². The minimum Gasteiger partial charge on any atom is -0.305 e. The van der Waals surface area contributed by atoms with Crippen LogP contribution in [0.3, 0.4) is 0 Å². The fourth-order valence-electron chi connectivity index (χ4n) is 1.57. The van der Waals surface area contributed by atoms with Crippen LogP contribution in [0.2, 0.25) is 5.02 Å². The minimum absolute atomic E-state index is 0. The van der Waals surface area contributed by atoms with E-state index in [0.717, 1.165) is 0 Å². The second-order valence-corrected chi connectivity index (χ2v) is 4.47. The summed E-state index contributed by atoms with van der Waals surface area (Å²) in [5.41, 5.74) is 0.683. The molecular formula is C12H15Cl2NO. The molecular weight excluding hydrogens is 245 g/mol. The van der Waals surface area contributed by atoms with Crippen LogP contribution in [0.25, 0.3) is 0 Å². The van der Waals surface area contributed by atoms with Crippen LogP contribution in [-0.2, 0) is 0 Å². The number of carbonyl (C=O) groups is 1. The Morgan fingerprint density at radius 3 is 2.75 bits per heavy atom. The second-order valence-electron chi connectivity index (χ2n) is 4.04. The van der Waals surface area contributed by atoms with Crippen molar-refractivity contribution >= 4 is 29.8 Å². The average Bonchev–Trinajstić information content (AvgIpc) is 3.00. The van der Waals surface area contributed by atoms with Gasteiger partial charge in [-0.1, -0.05) is 23.7 Å². The van der Waals surface area contributed by atoms with Crippen molar-refractivity contribution < 1.29 is 4.79 Å². The topological polar surface area (TPSA) is 29.1 Å². The monoisotopic (exact) mass is 259 g/mol. The lowest BCUT2D eigenvalue weighted by Crippen LogP contribution is -2.35. The Bertz CT molecular complexity index is 377. The second kappa shape index (κ2) is 5.67. The highest BCUT2D eigenvalue weighted by Gasteiger charge is 2.26. The van der Waals surface area contributed by atoms with Gasteiger partial charge in [-0.05, 0) is 31.9 Å². The molecule has 1 aromatic carbocycles. The zero-order valence-corrected chi connectivity index (χ0v) is 10.6. The van der Waals surface area contributed by atoms with E-state index in [-0.39, 0.29) is 24.2 Å². The van der Waals surface area contributed by atoms with Crippen molar-refractivity contribution in [3.63, 3.8) is 0 Å². The molecule has 1 unspecified atom stereocenters. The third-order valence-electron chi connectivity index (χ3n) is 2.57. The molecule has 0 spiro atoms. The SMILES string of the molecule is CC(NC1CC1)C(=O)c1cccc(Cl)c1.Cl. The van der Waals surface area contributed by atoms with Crippen LogP contribution < -0.4 is 5.32 Å². The molecule has 2 rings (SSSR count). The number of benzene rings is 1. The van der Waals surface area contributed by atoms with E-state index in [1.54, 1.807) is 24.3 Å². The standard InChI is InChI=1S/C12H14ClNO.ClH/c1-8(14-11-5-6-11)12(15)9-3-2-4-10(13)7-9;/h2-4,7-8,11,14H,5-6H2,1H3;1H. The smallest absolute Gasteiger partial charge is 0.179 e. The summed E-state index contributed by atoms with van der Waals surface area (Å²) in [4.78, 5) is 11.9. The van der Waals surface area contributed by atoms with Gasteiger partial charge in [-0.25, -0.2) is 0 Å². The number of Topliss-reactive ketones (excluding diaryl/α,β-unsaturated/α-hetero) is 1. The van der Waals surface area contributed by atoms with Gasteiger partial charge in [0, 0.05) is 16.6 Å². The normalized spacial score (nSPS) is 16.4. The fourth-order valence-corrected chi connectivity index (χ4v) is 1.76. The van der Waals surface area contributed by atoms with E-state index in [1.807, 2.05) is 6.92 Å². The highest BCUT2D eigenvalue weighted by molar-refractivity contribution is 6.31. The first-order valence-corrected chi connectivity index (χ1v) is 5.60. The zero-order valence-electron chi connectivity index (χ0n) is 9.07. The maximum absolute atomic E-state index is 11.9. The van der Waals surface area contributed by atoms with Crippen LogP contribution in [-0.4, -0.2) is 17.9 Å². The first-order chi connectivity index (χ1) is 7.16. The van der Waals surface area contributed by atoms with E-state index < -0.39 is 0 Å². The molecule has 1 saturated carbocycles. The summed E-state index contributed by atoms with van der Waals surface area (Å²) >= 11 is 5.84. The average molecular weight is 260 g/mol. The van der Waals surface area contributed by atoms with Gasteiger partial charge in [0.25, 0.3) is 0 Å². The Morgan fingerprint density at radius 1 is 1.50 bits per heavy atom. The Hall–Kier alpha value is -0.570. The van der Waals surface area contributed by atoms with Crippen molar-refractivity contribution in [2.45, 2.75) is 31.8 Å². The molecule has 16 heavy (non-hydrogen) atoms. The highest BCUT2D eigenvalue weighted by Crippen LogP contribution is 2.20. The molecule has 1 atom stereocenters. The summed E-state index contributed by atoms with van der Waals surface area (Å²) in [5, 5.41) is 3.89. The molecule has 1 N–H and O–H groups in total. The van der Waals surface area contributed by atoms with Crippen LogP contribution in [0, 0.1) is 0 Å². The third-order valence-corrected chi connectivity index (χ3v) is 2.80. The Kier molecular flexibility index (Phi) is 4.78. The molecule has 1 aromatic rings. The van der Waals surface area contributed by atoms with E-state index in [4.69, 9.17) is 11.6 Å². The van der Waals surface area contributed by atoms with Crippen LogP contribution in [0.4, 0.5) is 0 Å². The number of ketones is 1. The Balaban J connectivity index is 0.00000128. The number of nitrogens with one attached hydrogen (secondary N) is 1. The molecule has 0 bridgehead atoms. The van der Waals surface area contributed by atoms with Crippen molar-refractivity contribution in [3.8, 4) is 0 Å². The number of hydrogen-bond acceptors (Lipinski definition) is 2.